The summed E-state index contributed by atoms with van der Waals surface area (Å²) < 4.78 is 11.0. The number of hydrogen-bond donors (Lipinski definition) is 1. The molecule has 0 aromatic heterocycles. The normalized spacial score (nSPS) is 15.7. The van der Waals surface area contributed by atoms with Crippen LogP contribution in [-0.2, 0) is 0 Å². The van der Waals surface area contributed by atoms with Crippen LogP contribution >= 0.6 is 11.6 Å². The molecule has 1 saturated heterocycles. The van der Waals surface area contributed by atoms with E-state index in [1.54, 1.807) is 18.2 Å². The molecule has 1 fully saturated rings. The van der Waals surface area contributed by atoms with Crippen LogP contribution in [0.1, 0.15) is 22.8 Å². The van der Waals surface area contributed by atoms with E-state index in [1.807, 2.05) is 19.1 Å². The number of benzene rings is 2. The molecular weight excluding hydrogens is 404 g/mol. The minimum absolute atomic E-state index is 0.0352. The molecule has 2 aromatic rings. The van der Waals surface area contributed by atoms with Gasteiger partial charge in [0, 0.05) is 49.0 Å². The molecule has 0 aliphatic carbocycles. The first-order chi connectivity index (χ1) is 14.4. The van der Waals surface area contributed by atoms with Gasteiger partial charge in [-0.15, -0.1) is 0 Å². The predicted molar refractivity (Wildman–Crippen MR) is 119 cm³/mol. The van der Waals surface area contributed by atoms with Crippen LogP contribution in [0, 0.1) is 6.92 Å². The van der Waals surface area contributed by atoms with Gasteiger partial charge in [0.1, 0.15) is 12.7 Å². The molecule has 6 nitrogen and oxygen atoms in total. The summed E-state index contributed by atoms with van der Waals surface area (Å²) in [5, 5.41) is 11.2. The number of aliphatic hydroxyl groups excluding tert-OH is 1. The second-order valence-corrected chi connectivity index (χ2v) is 8.01. The fourth-order valence-electron chi connectivity index (χ4n) is 3.51. The molecule has 0 spiro atoms. The summed E-state index contributed by atoms with van der Waals surface area (Å²) in [6.07, 6.45) is -0.623. The smallest absolute Gasteiger partial charge is 0.161 e. The number of anilines is 1. The van der Waals surface area contributed by atoms with E-state index in [9.17, 15) is 9.90 Å². The topological polar surface area (TPSA) is 62.2 Å². The van der Waals surface area contributed by atoms with Crippen molar-refractivity contribution in [1.82, 2.24) is 4.90 Å². The average Bonchev–Trinajstić information content (AvgIpc) is 2.74. The largest absolute Gasteiger partial charge is 0.493 e. The van der Waals surface area contributed by atoms with Crippen molar-refractivity contribution < 1.29 is 19.4 Å². The van der Waals surface area contributed by atoms with Crippen LogP contribution in [0.5, 0.6) is 11.5 Å². The predicted octanol–water partition coefficient (Wildman–Crippen LogP) is 3.42. The summed E-state index contributed by atoms with van der Waals surface area (Å²) in [4.78, 5) is 16.0. The van der Waals surface area contributed by atoms with Gasteiger partial charge in [-0.2, -0.15) is 0 Å². The van der Waals surface area contributed by atoms with Crippen molar-refractivity contribution in [2.24, 2.45) is 0 Å². The number of halogens is 1. The second kappa shape index (κ2) is 10.2. The van der Waals surface area contributed by atoms with Gasteiger partial charge in [-0.1, -0.05) is 17.7 Å². The number of nitrogens with zero attached hydrogens (tertiary/aromatic N) is 2. The zero-order valence-electron chi connectivity index (χ0n) is 17.7. The summed E-state index contributed by atoms with van der Waals surface area (Å²) in [5.74, 6) is 0.967. The van der Waals surface area contributed by atoms with Crippen molar-refractivity contribution in [2.75, 3.05) is 51.3 Å². The maximum atomic E-state index is 11.5. The maximum Gasteiger partial charge on any atom is 0.161 e. The van der Waals surface area contributed by atoms with Crippen LogP contribution < -0.4 is 14.4 Å². The number of hydrogen-bond acceptors (Lipinski definition) is 6. The van der Waals surface area contributed by atoms with Crippen LogP contribution in [-0.4, -0.2) is 68.3 Å². The SMILES string of the molecule is COc1cc(C(C)=O)ccc1OC[C@@H](O)CN1CCN(c2ccc(C)c(Cl)c2)CC1. The van der Waals surface area contributed by atoms with Gasteiger partial charge in [0.15, 0.2) is 17.3 Å². The van der Waals surface area contributed by atoms with E-state index in [0.29, 0.717) is 23.6 Å². The van der Waals surface area contributed by atoms with Gasteiger partial charge >= 0.3 is 0 Å². The van der Waals surface area contributed by atoms with Crippen molar-refractivity contribution >= 4 is 23.1 Å². The highest BCUT2D eigenvalue weighted by Crippen LogP contribution is 2.28. The van der Waals surface area contributed by atoms with E-state index in [0.717, 1.165) is 42.5 Å². The van der Waals surface area contributed by atoms with Gasteiger partial charge in [-0.25, -0.2) is 0 Å². The summed E-state index contributed by atoms with van der Waals surface area (Å²) in [6.45, 7) is 7.69. The number of Topliss-reactive ketones (excluding diaryl/α,β-unsaturated/α-hetero) is 1. The van der Waals surface area contributed by atoms with Gasteiger partial charge in [-0.3, -0.25) is 9.69 Å². The monoisotopic (exact) mass is 432 g/mol. The number of ether oxygens (including phenoxy) is 2. The van der Waals surface area contributed by atoms with Crippen molar-refractivity contribution in [1.29, 1.82) is 0 Å². The number of β-amino-alcohol motifs (C(OH)–C–C–N with tert-alkyl or cyclic N) is 1. The highest BCUT2D eigenvalue weighted by atomic mass is 35.5. The molecule has 0 bridgehead atoms. The van der Waals surface area contributed by atoms with Gasteiger partial charge in [-0.05, 0) is 49.7 Å². The Balaban J connectivity index is 1.47. The first-order valence-corrected chi connectivity index (χ1v) is 10.5. The Kier molecular flexibility index (Phi) is 7.58. The molecule has 0 radical (unpaired) electrons. The molecule has 0 amide bonds. The number of piperazine rings is 1. The number of carbonyl (C=O) groups is 1. The Hall–Kier alpha value is -2.28. The zero-order valence-corrected chi connectivity index (χ0v) is 18.5. The van der Waals surface area contributed by atoms with Crippen molar-refractivity contribution in [2.45, 2.75) is 20.0 Å². The van der Waals surface area contributed by atoms with Crippen molar-refractivity contribution in [3.63, 3.8) is 0 Å². The first-order valence-electron chi connectivity index (χ1n) is 10.1. The number of aryl methyl sites for hydroxylation is 1. The molecule has 1 aliphatic rings. The molecule has 2 aromatic carbocycles. The minimum atomic E-state index is -0.623. The highest BCUT2D eigenvalue weighted by molar-refractivity contribution is 6.31. The Morgan fingerprint density at radius 1 is 1.13 bits per heavy atom. The lowest BCUT2D eigenvalue weighted by molar-refractivity contribution is 0.0653. The number of rotatable bonds is 8. The Labute approximate surface area is 183 Å². The Morgan fingerprint density at radius 2 is 1.87 bits per heavy atom. The first kappa shape index (κ1) is 22.4. The molecule has 1 aliphatic heterocycles. The molecule has 1 heterocycles. The third-order valence-corrected chi connectivity index (χ3v) is 5.77. The maximum absolute atomic E-state index is 11.5. The van der Waals surface area contributed by atoms with Crippen molar-refractivity contribution in [3.8, 4) is 11.5 Å². The van der Waals surface area contributed by atoms with E-state index in [2.05, 4.69) is 15.9 Å². The molecular formula is C23H29ClN2O4. The standard InChI is InChI=1S/C23H29ClN2O4/c1-16-4-6-19(13-21(16)24)26-10-8-25(9-11-26)14-20(28)15-30-22-7-5-18(17(2)27)12-23(22)29-3/h4-7,12-13,20,28H,8-11,14-15H2,1-3H3/t20-/m0/s1. The van der Waals surface area contributed by atoms with Crippen molar-refractivity contribution in [3.05, 3.63) is 52.5 Å². The summed E-state index contributed by atoms with van der Waals surface area (Å²) in [6, 6.07) is 11.2. The lowest BCUT2D eigenvalue weighted by Crippen LogP contribution is -2.49. The van der Waals surface area contributed by atoms with E-state index in [4.69, 9.17) is 21.1 Å². The molecule has 3 rings (SSSR count). The van der Waals surface area contributed by atoms with Gasteiger partial charge in [0.2, 0.25) is 0 Å². The quantitative estimate of drug-likeness (QED) is 0.645. The van der Waals surface area contributed by atoms with Gasteiger partial charge in [0.25, 0.3) is 0 Å². The lowest BCUT2D eigenvalue weighted by atomic mass is 10.1. The van der Waals surface area contributed by atoms with Gasteiger partial charge in [0.05, 0.1) is 7.11 Å². The third-order valence-electron chi connectivity index (χ3n) is 5.36. The lowest BCUT2D eigenvalue weighted by Gasteiger charge is -2.37. The summed E-state index contributed by atoms with van der Waals surface area (Å²) >= 11 is 6.25. The molecule has 1 N–H and O–H groups in total. The number of ketones is 1. The minimum Gasteiger partial charge on any atom is -0.493 e. The van der Waals surface area contributed by atoms with Crippen LogP contribution in [0.3, 0.4) is 0 Å². The number of methoxy groups -OCH3 is 1. The summed E-state index contributed by atoms with van der Waals surface area (Å²) in [7, 11) is 1.53. The molecule has 7 heteroatoms. The Bertz CT molecular complexity index is 882. The summed E-state index contributed by atoms with van der Waals surface area (Å²) in [5.41, 5.74) is 2.78. The second-order valence-electron chi connectivity index (χ2n) is 7.61. The molecule has 0 unspecified atom stereocenters. The molecule has 0 saturated carbocycles. The van der Waals surface area contributed by atoms with E-state index < -0.39 is 6.10 Å². The fraction of sp³-hybridized carbons (Fsp3) is 0.435. The number of carbonyl (C=O) groups excluding carboxylic acids is 1. The van der Waals surface area contributed by atoms with E-state index >= 15 is 0 Å². The van der Waals surface area contributed by atoms with Crippen LogP contribution in [0.4, 0.5) is 5.69 Å². The average molecular weight is 433 g/mol. The highest BCUT2D eigenvalue weighted by Gasteiger charge is 2.20. The molecule has 30 heavy (non-hydrogen) atoms. The Morgan fingerprint density at radius 3 is 2.50 bits per heavy atom. The molecule has 162 valence electrons. The fourth-order valence-corrected chi connectivity index (χ4v) is 3.68. The van der Waals surface area contributed by atoms with Crippen LogP contribution in [0.25, 0.3) is 0 Å². The molecule has 1 atom stereocenters. The van der Waals surface area contributed by atoms with Crippen LogP contribution in [0.2, 0.25) is 5.02 Å². The third kappa shape index (κ3) is 5.65. The number of aliphatic hydroxyl groups is 1. The van der Waals surface area contributed by atoms with E-state index in [1.165, 1.54) is 14.0 Å². The van der Waals surface area contributed by atoms with Gasteiger partial charge < -0.3 is 19.5 Å². The van der Waals surface area contributed by atoms with E-state index in [-0.39, 0.29) is 12.4 Å². The van der Waals surface area contributed by atoms with Crippen LogP contribution in [0.15, 0.2) is 36.4 Å². The zero-order chi connectivity index (χ0) is 21.7.